The number of halogens is 1. The molecular formula is C17H17ClN2O2. The van der Waals surface area contributed by atoms with Gasteiger partial charge in [0.1, 0.15) is 0 Å². The largest absolute Gasteiger partial charge is 0.350 e. The van der Waals surface area contributed by atoms with Gasteiger partial charge in [0.25, 0.3) is 11.8 Å². The predicted octanol–water partition coefficient (Wildman–Crippen LogP) is 2.81. The molecule has 2 N–H and O–H groups in total. The van der Waals surface area contributed by atoms with Gasteiger partial charge in [-0.2, -0.15) is 0 Å². The molecular weight excluding hydrogens is 300 g/mol. The van der Waals surface area contributed by atoms with Crippen LogP contribution in [0, 0.1) is 6.92 Å². The van der Waals surface area contributed by atoms with Gasteiger partial charge in [0.15, 0.2) is 0 Å². The minimum Gasteiger partial charge on any atom is -0.350 e. The Bertz CT molecular complexity index is 592. The van der Waals surface area contributed by atoms with E-state index in [0.717, 1.165) is 5.56 Å². The van der Waals surface area contributed by atoms with Crippen LogP contribution in [-0.4, -0.2) is 24.9 Å². The molecule has 5 heteroatoms. The first-order valence-electron chi connectivity index (χ1n) is 6.95. The highest BCUT2D eigenvalue weighted by Crippen LogP contribution is 2.09. The standard InChI is InChI=1S/C17H17ClN2O2/c1-12-2-4-13(5-3-12)16(21)19-10-11-20-17(22)14-6-8-15(18)9-7-14/h2-9H,10-11H2,1H3,(H,19,21)(H,20,22). The Balaban J connectivity index is 1.74. The molecule has 22 heavy (non-hydrogen) atoms. The number of rotatable bonds is 5. The van der Waals surface area contributed by atoms with Crippen LogP contribution in [0.3, 0.4) is 0 Å². The Kier molecular flexibility index (Phi) is 5.55. The second-order valence-electron chi connectivity index (χ2n) is 4.88. The maximum Gasteiger partial charge on any atom is 0.251 e. The highest BCUT2D eigenvalue weighted by Gasteiger charge is 2.06. The third-order valence-electron chi connectivity index (χ3n) is 3.12. The molecule has 0 bridgehead atoms. The van der Waals surface area contributed by atoms with Crippen molar-refractivity contribution in [1.82, 2.24) is 10.6 Å². The summed E-state index contributed by atoms with van der Waals surface area (Å²) >= 11 is 5.77. The van der Waals surface area contributed by atoms with Crippen LogP contribution >= 0.6 is 11.6 Å². The van der Waals surface area contributed by atoms with Crippen LogP contribution in [0.1, 0.15) is 26.3 Å². The topological polar surface area (TPSA) is 58.2 Å². The zero-order chi connectivity index (χ0) is 15.9. The number of nitrogens with one attached hydrogen (secondary N) is 2. The fourth-order valence-electron chi connectivity index (χ4n) is 1.86. The third-order valence-corrected chi connectivity index (χ3v) is 3.37. The summed E-state index contributed by atoms with van der Waals surface area (Å²) in [5, 5.41) is 6.08. The second kappa shape index (κ2) is 7.61. The lowest BCUT2D eigenvalue weighted by Gasteiger charge is -2.07. The van der Waals surface area contributed by atoms with Crippen molar-refractivity contribution in [3.05, 3.63) is 70.2 Å². The predicted molar refractivity (Wildman–Crippen MR) is 87.3 cm³/mol. The fraction of sp³-hybridized carbons (Fsp3) is 0.176. The van der Waals surface area contributed by atoms with Gasteiger partial charge >= 0.3 is 0 Å². The maximum absolute atomic E-state index is 11.9. The average molecular weight is 317 g/mol. The minimum atomic E-state index is -0.193. The summed E-state index contributed by atoms with van der Waals surface area (Å²) in [5.41, 5.74) is 2.25. The molecule has 0 heterocycles. The molecule has 0 saturated heterocycles. The van der Waals surface area contributed by atoms with Crippen LogP contribution < -0.4 is 10.6 Å². The van der Waals surface area contributed by atoms with E-state index in [9.17, 15) is 9.59 Å². The first kappa shape index (κ1) is 16.0. The molecule has 2 aromatic carbocycles. The molecule has 0 aliphatic rings. The summed E-state index contributed by atoms with van der Waals surface area (Å²) in [6, 6.07) is 14.0. The first-order valence-corrected chi connectivity index (χ1v) is 7.33. The maximum atomic E-state index is 11.9. The van der Waals surface area contributed by atoms with Crippen molar-refractivity contribution in [2.75, 3.05) is 13.1 Å². The van der Waals surface area contributed by atoms with Crippen molar-refractivity contribution in [2.24, 2.45) is 0 Å². The molecule has 0 aromatic heterocycles. The Labute approximate surface area is 134 Å². The first-order chi connectivity index (χ1) is 10.6. The second-order valence-corrected chi connectivity index (χ2v) is 5.32. The van der Waals surface area contributed by atoms with Gasteiger partial charge in [-0.15, -0.1) is 0 Å². The molecule has 114 valence electrons. The Morgan fingerprint density at radius 2 is 1.23 bits per heavy atom. The zero-order valence-electron chi connectivity index (χ0n) is 12.2. The summed E-state index contributed by atoms with van der Waals surface area (Å²) in [6.45, 7) is 2.69. The van der Waals surface area contributed by atoms with Crippen LogP contribution in [0.5, 0.6) is 0 Å². The quantitative estimate of drug-likeness (QED) is 0.833. The number of amides is 2. The molecule has 0 unspecified atom stereocenters. The molecule has 0 saturated carbocycles. The van der Waals surface area contributed by atoms with Crippen molar-refractivity contribution in [3.63, 3.8) is 0 Å². The number of benzene rings is 2. The lowest BCUT2D eigenvalue weighted by molar-refractivity contribution is 0.0927. The molecule has 0 atom stereocenters. The number of aryl methyl sites for hydroxylation is 1. The van der Waals surface area contributed by atoms with E-state index in [1.54, 1.807) is 36.4 Å². The van der Waals surface area contributed by atoms with Crippen molar-refractivity contribution in [2.45, 2.75) is 6.92 Å². The smallest absolute Gasteiger partial charge is 0.251 e. The van der Waals surface area contributed by atoms with Crippen molar-refractivity contribution in [3.8, 4) is 0 Å². The van der Waals surface area contributed by atoms with Gasteiger partial charge in [-0.3, -0.25) is 9.59 Å². The van der Waals surface area contributed by atoms with E-state index in [4.69, 9.17) is 11.6 Å². The van der Waals surface area contributed by atoms with E-state index >= 15 is 0 Å². The van der Waals surface area contributed by atoms with Gasteiger partial charge in [0.2, 0.25) is 0 Å². The van der Waals surface area contributed by atoms with Gasteiger partial charge in [0, 0.05) is 29.2 Å². The summed E-state index contributed by atoms with van der Waals surface area (Å²) in [5.74, 6) is -0.345. The molecule has 0 aliphatic heterocycles. The molecule has 0 fully saturated rings. The van der Waals surface area contributed by atoms with Gasteiger partial charge < -0.3 is 10.6 Å². The summed E-state index contributed by atoms with van der Waals surface area (Å²) in [7, 11) is 0. The molecule has 0 spiro atoms. The molecule has 2 amide bonds. The Morgan fingerprint density at radius 3 is 1.68 bits per heavy atom. The molecule has 0 radical (unpaired) electrons. The van der Waals surface area contributed by atoms with E-state index < -0.39 is 0 Å². The fourth-order valence-corrected chi connectivity index (χ4v) is 1.99. The SMILES string of the molecule is Cc1ccc(C(=O)NCCNC(=O)c2ccc(Cl)cc2)cc1. The lowest BCUT2D eigenvalue weighted by atomic mass is 10.1. The minimum absolute atomic E-state index is 0.152. The number of hydrogen-bond donors (Lipinski definition) is 2. The molecule has 2 rings (SSSR count). The van der Waals surface area contributed by atoms with Crippen LogP contribution in [-0.2, 0) is 0 Å². The third kappa shape index (κ3) is 4.60. The van der Waals surface area contributed by atoms with Gasteiger partial charge in [0.05, 0.1) is 0 Å². The summed E-state index contributed by atoms with van der Waals surface area (Å²) in [4.78, 5) is 23.7. The van der Waals surface area contributed by atoms with Crippen LogP contribution in [0.4, 0.5) is 0 Å². The monoisotopic (exact) mass is 316 g/mol. The normalized spacial score (nSPS) is 10.1. The molecule has 0 aliphatic carbocycles. The number of hydrogen-bond acceptors (Lipinski definition) is 2. The van der Waals surface area contributed by atoms with E-state index in [1.165, 1.54) is 0 Å². The Hall–Kier alpha value is -2.33. The van der Waals surface area contributed by atoms with Crippen molar-refractivity contribution in [1.29, 1.82) is 0 Å². The van der Waals surface area contributed by atoms with Crippen LogP contribution in [0.25, 0.3) is 0 Å². The number of carbonyl (C=O) groups excluding carboxylic acids is 2. The van der Waals surface area contributed by atoms with E-state index in [1.807, 2.05) is 19.1 Å². The van der Waals surface area contributed by atoms with Gasteiger partial charge in [-0.25, -0.2) is 0 Å². The zero-order valence-corrected chi connectivity index (χ0v) is 13.0. The summed E-state index contributed by atoms with van der Waals surface area (Å²) < 4.78 is 0. The number of carbonyl (C=O) groups is 2. The highest BCUT2D eigenvalue weighted by molar-refractivity contribution is 6.30. The van der Waals surface area contributed by atoms with E-state index in [-0.39, 0.29) is 11.8 Å². The Morgan fingerprint density at radius 1 is 0.818 bits per heavy atom. The molecule has 2 aromatic rings. The van der Waals surface area contributed by atoms with Crippen LogP contribution in [0.2, 0.25) is 5.02 Å². The summed E-state index contributed by atoms with van der Waals surface area (Å²) in [6.07, 6.45) is 0. The van der Waals surface area contributed by atoms with Gasteiger partial charge in [-0.05, 0) is 43.3 Å². The highest BCUT2D eigenvalue weighted by atomic mass is 35.5. The lowest BCUT2D eigenvalue weighted by Crippen LogP contribution is -2.34. The van der Waals surface area contributed by atoms with Crippen molar-refractivity contribution >= 4 is 23.4 Å². The van der Waals surface area contributed by atoms with Gasteiger partial charge in [-0.1, -0.05) is 29.3 Å². The van der Waals surface area contributed by atoms with Crippen LogP contribution in [0.15, 0.2) is 48.5 Å². The molecule has 4 nitrogen and oxygen atoms in total. The van der Waals surface area contributed by atoms with E-state index in [0.29, 0.717) is 29.2 Å². The van der Waals surface area contributed by atoms with E-state index in [2.05, 4.69) is 10.6 Å². The average Bonchev–Trinajstić information content (AvgIpc) is 2.52. The van der Waals surface area contributed by atoms with Crippen molar-refractivity contribution < 1.29 is 9.59 Å².